The summed E-state index contributed by atoms with van der Waals surface area (Å²) < 4.78 is 0. The van der Waals surface area contributed by atoms with Gasteiger partial charge in [0.2, 0.25) is 11.8 Å². The maximum absolute atomic E-state index is 14.0. The number of hydrogen-bond acceptors (Lipinski definition) is 8. The minimum Gasteiger partial charge on any atom is -0.480 e. The lowest BCUT2D eigenvalue weighted by Crippen LogP contribution is -2.57. The molecule has 0 aliphatic carbocycles. The van der Waals surface area contributed by atoms with Crippen LogP contribution in [0, 0.1) is 17.8 Å². The van der Waals surface area contributed by atoms with Gasteiger partial charge < -0.3 is 32.1 Å². The maximum Gasteiger partial charge on any atom is 0.323 e. The summed E-state index contributed by atoms with van der Waals surface area (Å²) in [6.07, 6.45) is 3.69. The summed E-state index contributed by atoms with van der Waals surface area (Å²) >= 11 is 0. The van der Waals surface area contributed by atoms with Crippen molar-refractivity contribution in [3.63, 3.8) is 0 Å². The molecule has 11 nitrogen and oxygen atoms in total. The van der Waals surface area contributed by atoms with E-state index in [0.29, 0.717) is 45.2 Å². The molecular formula is C41H61N5O6. The van der Waals surface area contributed by atoms with Gasteiger partial charge in [-0.2, -0.15) is 0 Å². The van der Waals surface area contributed by atoms with Crippen LogP contribution >= 0.6 is 0 Å². The monoisotopic (exact) mass is 719 g/mol. The third-order valence-electron chi connectivity index (χ3n) is 10.3. The second kappa shape index (κ2) is 21.6. The van der Waals surface area contributed by atoms with E-state index in [1.165, 1.54) is 5.56 Å². The van der Waals surface area contributed by atoms with E-state index in [1.807, 2.05) is 62.4 Å². The van der Waals surface area contributed by atoms with Gasteiger partial charge in [-0.05, 0) is 74.5 Å². The minimum atomic E-state index is -1.37. The van der Waals surface area contributed by atoms with E-state index in [0.717, 1.165) is 12.0 Å². The van der Waals surface area contributed by atoms with Gasteiger partial charge in [0, 0.05) is 44.3 Å². The summed E-state index contributed by atoms with van der Waals surface area (Å²) in [5.41, 5.74) is 12.5. The Bertz CT molecular complexity index is 1430. The van der Waals surface area contributed by atoms with Crippen molar-refractivity contribution in [2.45, 2.75) is 102 Å². The summed E-state index contributed by atoms with van der Waals surface area (Å²) in [7, 11) is 0. The van der Waals surface area contributed by atoms with Gasteiger partial charge in [-0.1, -0.05) is 87.9 Å². The quantitative estimate of drug-likeness (QED) is 0.105. The van der Waals surface area contributed by atoms with E-state index in [-0.39, 0.29) is 80.5 Å². The number of hydrogen-bond donors (Lipinski definition) is 5. The van der Waals surface area contributed by atoms with Crippen molar-refractivity contribution in [1.82, 2.24) is 15.5 Å². The van der Waals surface area contributed by atoms with Crippen molar-refractivity contribution < 1.29 is 29.1 Å². The van der Waals surface area contributed by atoms with Crippen LogP contribution in [0.2, 0.25) is 0 Å². The number of nitrogens with zero attached hydrogens (tertiary/aromatic N) is 1. The molecule has 3 rings (SSSR count). The van der Waals surface area contributed by atoms with Crippen LogP contribution in [0.25, 0.3) is 0 Å². The molecule has 1 unspecified atom stereocenters. The fraction of sp³-hybridized carbons (Fsp3) is 0.585. The van der Waals surface area contributed by atoms with Crippen molar-refractivity contribution in [3.8, 4) is 0 Å². The highest BCUT2D eigenvalue weighted by atomic mass is 16.4. The number of rotatable bonds is 23. The predicted molar refractivity (Wildman–Crippen MR) is 203 cm³/mol. The molecule has 0 bridgehead atoms. The minimum absolute atomic E-state index is 0.0204. The highest BCUT2D eigenvalue weighted by Gasteiger charge is 2.40. The average Bonchev–Trinajstić information content (AvgIpc) is 3.13. The first-order valence-corrected chi connectivity index (χ1v) is 19.0. The number of carboxylic acids is 1. The number of benzene rings is 2. The number of aliphatic carboxylic acids is 1. The second-order valence-corrected chi connectivity index (χ2v) is 14.9. The van der Waals surface area contributed by atoms with Crippen LogP contribution in [0.3, 0.4) is 0 Å². The molecule has 7 N–H and O–H groups in total. The number of carbonyl (C=O) groups excluding carboxylic acids is 4. The summed E-state index contributed by atoms with van der Waals surface area (Å²) in [5.74, 6) is -2.94. The Morgan fingerprint density at radius 3 is 2.12 bits per heavy atom. The number of piperidine rings is 1. The summed E-state index contributed by atoms with van der Waals surface area (Å²) in [6, 6.07) is 18.9. The molecule has 0 aromatic heterocycles. The zero-order chi connectivity index (χ0) is 38.1. The third-order valence-corrected chi connectivity index (χ3v) is 10.3. The Kier molecular flexibility index (Phi) is 17.6. The molecule has 11 heteroatoms. The Hall–Kier alpha value is -3.93. The molecule has 52 heavy (non-hydrogen) atoms. The van der Waals surface area contributed by atoms with Crippen molar-refractivity contribution in [1.29, 1.82) is 0 Å². The van der Waals surface area contributed by atoms with E-state index in [4.69, 9.17) is 11.5 Å². The van der Waals surface area contributed by atoms with Crippen LogP contribution in [0.15, 0.2) is 60.7 Å². The molecule has 1 saturated heterocycles. The molecule has 0 radical (unpaired) electrons. The van der Waals surface area contributed by atoms with Crippen molar-refractivity contribution >= 4 is 29.4 Å². The number of likely N-dealkylation sites (tertiary alicyclic amines) is 1. The molecule has 1 fully saturated rings. The largest absolute Gasteiger partial charge is 0.480 e. The molecule has 1 heterocycles. The summed E-state index contributed by atoms with van der Waals surface area (Å²) in [5, 5.41) is 15.8. The van der Waals surface area contributed by atoms with Crippen LogP contribution in [0.5, 0.6) is 0 Å². The van der Waals surface area contributed by atoms with Gasteiger partial charge in [0.1, 0.15) is 11.3 Å². The van der Waals surface area contributed by atoms with Crippen molar-refractivity contribution in [2.24, 2.45) is 29.2 Å². The van der Waals surface area contributed by atoms with Gasteiger partial charge in [0.05, 0.1) is 12.6 Å². The normalized spacial score (nSPS) is 16.5. The van der Waals surface area contributed by atoms with Crippen molar-refractivity contribution in [2.75, 3.05) is 32.7 Å². The van der Waals surface area contributed by atoms with Gasteiger partial charge in [0.25, 0.3) is 0 Å². The number of carboxylic acid groups (broad SMARTS) is 1. The third kappa shape index (κ3) is 13.6. The fourth-order valence-corrected chi connectivity index (χ4v) is 6.98. The molecule has 0 saturated carbocycles. The number of ketones is 2. The molecule has 0 spiro atoms. The summed E-state index contributed by atoms with van der Waals surface area (Å²) in [4.78, 5) is 68.4. The number of Topliss-reactive ketones (excluding diaryl/α,β-unsaturated/α-hetero) is 2. The van der Waals surface area contributed by atoms with Gasteiger partial charge in [0.15, 0.2) is 5.78 Å². The van der Waals surface area contributed by atoms with E-state index in [9.17, 15) is 29.1 Å². The molecule has 2 amide bonds. The van der Waals surface area contributed by atoms with Gasteiger partial charge >= 0.3 is 5.97 Å². The lowest BCUT2D eigenvalue weighted by Gasteiger charge is -2.38. The van der Waals surface area contributed by atoms with Gasteiger partial charge in [-0.3, -0.25) is 24.0 Å². The van der Waals surface area contributed by atoms with E-state index in [1.54, 1.807) is 4.90 Å². The molecule has 1 aliphatic heterocycles. The number of carbonyl (C=O) groups is 5. The number of unbranched alkanes of at least 4 members (excludes halogenated alkanes) is 1. The lowest BCUT2D eigenvalue weighted by molar-refractivity contribution is -0.149. The molecule has 4 atom stereocenters. The van der Waals surface area contributed by atoms with Gasteiger partial charge in [-0.25, -0.2) is 0 Å². The molecule has 2 aromatic rings. The molecule has 286 valence electrons. The average molecular weight is 720 g/mol. The lowest BCUT2D eigenvalue weighted by atomic mass is 9.86. The van der Waals surface area contributed by atoms with Gasteiger partial charge in [-0.15, -0.1) is 0 Å². The Labute approximate surface area is 309 Å². The van der Waals surface area contributed by atoms with Crippen LogP contribution in [-0.2, 0) is 30.4 Å². The first-order valence-electron chi connectivity index (χ1n) is 19.0. The Morgan fingerprint density at radius 1 is 0.904 bits per heavy atom. The second-order valence-electron chi connectivity index (χ2n) is 14.9. The Morgan fingerprint density at radius 2 is 1.54 bits per heavy atom. The standard InChI is InChI=1S/C41H61N5O6/c1-4-31(32-15-9-6-10-16-32)27-44-28-35(47)25-34(24-30-13-7-5-8-14-30)38(49)45-36(23-29(2)3)37(48)26-33(17-11-12-20-42)39(50)46-21-18-41(43,19-22-46)40(51)52/h5-10,13-16,29,31,33-34,36,44H,4,11-12,17-28,42-43H2,1-3H3,(H,45,49)(H,51,52)/t31?,33-,34-,36+/m0/s1. The smallest absolute Gasteiger partial charge is 0.323 e. The fourth-order valence-electron chi connectivity index (χ4n) is 6.98. The summed E-state index contributed by atoms with van der Waals surface area (Å²) in [6.45, 7) is 7.70. The van der Waals surface area contributed by atoms with Crippen molar-refractivity contribution in [3.05, 3.63) is 71.8 Å². The topological polar surface area (TPSA) is 185 Å². The van der Waals surface area contributed by atoms with Crippen LogP contribution in [0.4, 0.5) is 0 Å². The predicted octanol–water partition coefficient (Wildman–Crippen LogP) is 4.23. The van der Waals surface area contributed by atoms with Crippen LogP contribution in [-0.4, -0.2) is 83.7 Å². The SMILES string of the molecule is CCC(CNCC(=O)C[C@H](Cc1ccccc1)C(=O)N[C@H](CC(C)C)C(=O)C[C@H](CCCCN)C(=O)N1CCC(N)(C(=O)O)CC1)c1ccccc1. The number of nitrogens with one attached hydrogen (secondary N) is 2. The first-order chi connectivity index (χ1) is 24.9. The maximum atomic E-state index is 14.0. The number of amides is 2. The zero-order valence-corrected chi connectivity index (χ0v) is 31.4. The molecule has 1 aliphatic rings. The molecule has 2 aromatic carbocycles. The van der Waals surface area contributed by atoms with E-state index in [2.05, 4.69) is 29.7 Å². The highest BCUT2D eigenvalue weighted by molar-refractivity contribution is 5.94. The first kappa shape index (κ1) is 42.5. The zero-order valence-electron chi connectivity index (χ0n) is 31.4. The molecular weight excluding hydrogens is 658 g/mol. The van der Waals surface area contributed by atoms with E-state index < -0.39 is 29.4 Å². The highest BCUT2D eigenvalue weighted by Crippen LogP contribution is 2.26. The van der Waals surface area contributed by atoms with E-state index >= 15 is 0 Å². The van der Waals surface area contributed by atoms with Crippen LogP contribution < -0.4 is 22.1 Å². The number of nitrogens with two attached hydrogens (primary N) is 2. The Balaban J connectivity index is 1.72. The van der Waals surface area contributed by atoms with Crippen LogP contribution in [0.1, 0.15) is 95.6 Å².